The number of unbranched alkanes of at least 4 members (excludes halogenated alkanes) is 33. The van der Waals surface area contributed by atoms with Crippen LogP contribution in [-0.4, -0.2) is 36.4 Å². The maximum atomic E-state index is 12.3. The van der Waals surface area contributed by atoms with E-state index in [2.05, 4.69) is 98.9 Å². The summed E-state index contributed by atoms with van der Waals surface area (Å²) >= 11 is 0. The second-order valence-corrected chi connectivity index (χ2v) is 20.1. The van der Waals surface area contributed by atoms with E-state index in [1.165, 1.54) is 167 Å². The molecule has 5 nitrogen and oxygen atoms in total. The summed E-state index contributed by atoms with van der Waals surface area (Å²) in [6.45, 7) is 4.04. The molecule has 0 spiro atoms. The highest BCUT2D eigenvalue weighted by Gasteiger charge is 2.16. The molecule has 0 aromatic heterocycles. The molecule has 0 rings (SSSR count). The second kappa shape index (κ2) is 60.4. The van der Waals surface area contributed by atoms with Crippen LogP contribution in [0.3, 0.4) is 0 Å². The third-order valence-corrected chi connectivity index (χ3v) is 13.2. The highest BCUT2D eigenvalue weighted by Crippen LogP contribution is 2.17. The van der Waals surface area contributed by atoms with Crippen molar-refractivity contribution in [3.63, 3.8) is 0 Å². The number of carbonyl (C=O) groups is 2. The molecule has 1 N–H and O–H groups in total. The highest BCUT2D eigenvalue weighted by atomic mass is 16.6. The summed E-state index contributed by atoms with van der Waals surface area (Å²) in [5, 5.41) is 9.66. The topological polar surface area (TPSA) is 72.8 Å². The minimum absolute atomic E-state index is 0.0752. The fourth-order valence-electron chi connectivity index (χ4n) is 8.71. The number of allylic oxidation sites excluding steroid dienone is 14. The molecule has 0 saturated carbocycles. The molecule has 0 heterocycles. The Hall–Kier alpha value is -2.92. The predicted molar refractivity (Wildman–Crippen MR) is 306 cm³/mol. The minimum Gasteiger partial charge on any atom is -0.462 e. The molecule has 70 heavy (non-hydrogen) atoms. The van der Waals surface area contributed by atoms with Gasteiger partial charge in [-0.2, -0.15) is 0 Å². The van der Waals surface area contributed by atoms with E-state index in [-0.39, 0.29) is 25.2 Å². The van der Waals surface area contributed by atoms with Crippen molar-refractivity contribution in [1.82, 2.24) is 0 Å². The third-order valence-electron chi connectivity index (χ3n) is 13.2. The lowest BCUT2D eigenvalue weighted by Gasteiger charge is -2.15. The van der Waals surface area contributed by atoms with Gasteiger partial charge in [-0.05, 0) is 70.6 Å². The first kappa shape index (κ1) is 67.1. The Kier molecular flexibility index (Phi) is 57.9. The van der Waals surface area contributed by atoms with Crippen molar-refractivity contribution in [3.8, 4) is 0 Å². The standard InChI is InChI=1S/C65H114O5/c1-3-5-7-9-11-13-15-17-19-21-23-25-27-29-31-32-34-35-37-39-41-43-45-47-49-51-53-55-57-59-64(67)69-62-63(61-66)70-65(68)60-58-56-54-52-50-48-46-44-42-40-38-36-33-30-28-26-24-22-20-18-16-14-12-10-8-6-4-2/h6,8,12,14,18,20,24,26,30,33,38,40,44,46,63,66H,3-5,7,9-11,13,15-17,19,21-23,25,27-29,31-32,34-37,39,41-43,45,47-62H2,1-2H3/b8-6-,14-12-,20-18-,26-24-,33-30-,40-38-,46-44-. The van der Waals surface area contributed by atoms with Crippen molar-refractivity contribution in [3.05, 3.63) is 85.1 Å². The maximum absolute atomic E-state index is 12.3. The van der Waals surface area contributed by atoms with E-state index in [4.69, 9.17) is 9.47 Å². The van der Waals surface area contributed by atoms with Crippen LogP contribution in [0.15, 0.2) is 85.1 Å². The monoisotopic (exact) mass is 975 g/mol. The first-order chi connectivity index (χ1) is 34.6. The van der Waals surface area contributed by atoms with Crippen LogP contribution in [0.4, 0.5) is 0 Å². The molecule has 0 fully saturated rings. The van der Waals surface area contributed by atoms with Crippen molar-refractivity contribution < 1.29 is 24.2 Å². The number of hydrogen-bond acceptors (Lipinski definition) is 5. The summed E-state index contributed by atoms with van der Waals surface area (Å²) in [6, 6.07) is 0. The molecule has 404 valence electrons. The van der Waals surface area contributed by atoms with Gasteiger partial charge in [0.15, 0.2) is 6.10 Å². The Bertz CT molecular complexity index is 1290. The fraction of sp³-hybridized carbons (Fsp3) is 0.754. The van der Waals surface area contributed by atoms with Gasteiger partial charge in [-0.3, -0.25) is 9.59 Å². The van der Waals surface area contributed by atoms with Gasteiger partial charge < -0.3 is 14.6 Å². The van der Waals surface area contributed by atoms with E-state index in [0.29, 0.717) is 12.8 Å². The molecule has 1 atom stereocenters. The molecular formula is C65H114O5. The van der Waals surface area contributed by atoms with Gasteiger partial charge in [-0.25, -0.2) is 0 Å². The second-order valence-electron chi connectivity index (χ2n) is 20.1. The fourth-order valence-corrected chi connectivity index (χ4v) is 8.71. The van der Waals surface area contributed by atoms with Crippen LogP contribution in [0.5, 0.6) is 0 Å². The smallest absolute Gasteiger partial charge is 0.306 e. The van der Waals surface area contributed by atoms with Crippen molar-refractivity contribution >= 4 is 11.9 Å². The van der Waals surface area contributed by atoms with E-state index >= 15 is 0 Å². The van der Waals surface area contributed by atoms with Gasteiger partial charge in [-0.15, -0.1) is 0 Å². The van der Waals surface area contributed by atoms with Crippen LogP contribution in [-0.2, 0) is 19.1 Å². The molecule has 0 amide bonds. The van der Waals surface area contributed by atoms with Gasteiger partial charge in [0, 0.05) is 12.8 Å². The molecule has 5 heteroatoms. The number of rotatable bonds is 55. The van der Waals surface area contributed by atoms with Crippen LogP contribution in [0.2, 0.25) is 0 Å². The number of carbonyl (C=O) groups excluding carboxylic acids is 2. The van der Waals surface area contributed by atoms with Crippen LogP contribution in [0.1, 0.15) is 296 Å². The van der Waals surface area contributed by atoms with Gasteiger partial charge >= 0.3 is 11.9 Å². The van der Waals surface area contributed by atoms with Crippen molar-refractivity contribution in [2.75, 3.05) is 13.2 Å². The first-order valence-electron chi connectivity index (χ1n) is 30.1. The number of aliphatic hydroxyl groups is 1. The lowest BCUT2D eigenvalue weighted by Crippen LogP contribution is -2.28. The molecule has 0 saturated heterocycles. The van der Waals surface area contributed by atoms with Gasteiger partial charge in [0.2, 0.25) is 0 Å². The molecule has 0 radical (unpaired) electrons. The zero-order chi connectivity index (χ0) is 50.6. The summed E-state index contributed by atoms with van der Waals surface area (Å²) in [4.78, 5) is 24.6. The Morgan fingerprint density at radius 3 is 0.929 bits per heavy atom. The Morgan fingerprint density at radius 2 is 0.614 bits per heavy atom. The van der Waals surface area contributed by atoms with Crippen molar-refractivity contribution in [2.24, 2.45) is 0 Å². The summed E-state index contributed by atoms with van der Waals surface area (Å²) in [7, 11) is 0. The molecule has 0 aliphatic rings. The van der Waals surface area contributed by atoms with E-state index in [0.717, 1.165) is 103 Å². The summed E-state index contributed by atoms with van der Waals surface area (Å²) in [6.07, 6.45) is 84.3. The lowest BCUT2D eigenvalue weighted by molar-refractivity contribution is -0.161. The predicted octanol–water partition coefficient (Wildman–Crippen LogP) is 20.5. The first-order valence-corrected chi connectivity index (χ1v) is 30.1. The zero-order valence-corrected chi connectivity index (χ0v) is 46.3. The average molecular weight is 976 g/mol. The van der Waals surface area contributed by atoms with Gasteiger partial charge in [0.05, 0.1) is 6.61 Å². The Labute approximate surface area is 435 Å². The number of aliphatic hydroxyl groups excluding tert-OH is 1. The normalized spacial score (nSPS) is 12.8. The zero-order valence-electron chi connectivity index (χ0n) is 46.3. The Morgan fingerprint density at radius 1 is 0.343 bits per heavy atom. The lowest BCUT2D eigenvalue weighted by atomic mass is 10.0. The largest absolute Gasteiger partial charge is 0.462 e. The van der Waals surface area contributed by atoms with Gasteiger partial charge in [0.1, 0.15) is 6.61 Å². The number of ether oxygens (including phenoxy) is 2. The van der Waals surface area contributed by atoms with Crippen LogP contribution in [0, 0.1) is 0 Å². The highest BCUT2D eigenvalue weighted by molar-refractivity contribution is 5.70. The van der Waals surface area contributed by atoms with Crippen molar-refractivity contribution in [2.45, 2.75) is 302 Å². The number of esters is 2. The van der Waals surface area contributed by atoms with E-state index in [1.807, 2.05) is 0 Å². The average Bonchev–Trinajstić information content (AvgIpc) is 3.36. The van der Waals surface area contributed by atoms with Gasteiger partial charge in [0.25, 0.3) is 0 Å². The molecule has 1 unspecified atom stereocenters. The molecule has 0 aromatic carbocycles. The molecule has 0 bridgehead atoms. The summed E-state index contributed by atoms with van der Waals surface area (Å²) < 4.78 is 10.7. The minimum atomic E-state index is -0.787. The number of hydrogen-bond donors (Lipinski definition) is 1. The molecular weight excluding hydrogens is 861 g/mol. The van der Waals surface area contributed by atoms with Crippen LogP contribution >= 0.6 is 0 Å². The maximum Gasteiger partial charge on any atom is 0.306 e. The van der Waals surface area contributed by atoms with E-state index < -0.39 is 6.10 Å². The van der Waals surface area contributed by atoms with Crippen LogP contribution in [0.25, 0.3) is 0 Å². The summed E-state index contributed by atoms with van der Waals surface area (Å²) in [5.74, 6) is -0.605. The Balaban J connectivity index is 3.51. The van der Waals surface area contributed by atoms with Crippen LogP contribution < -0.4 is 0 Å². The molecule has 0 aliphatic heterocycles. The SMILES string of the molecule is CC/C=C\C/C=C\C/C=C\C/C=C\C/C=C\C/C=C\C/C=C\CCCCCCCC(=O)OC(CO)COC(=O)CCCCCCCCCCCCCCCCCCCCCCCCCCCCCCC. The summed E-state index contributed by atoms with van der Waals surface area (Å²) in [5.41, 5.74) is 0. The quantitative estimate of drug-likeness (QED) is 0.0373. The molecule has 0 aliphatic carbocycles. The van der Waals surface area contributed by atoms with E-state index in [1.54, 1.807) is 0 Å². The third kappa shape index (κ3) is 57.7. The molecule has 0 aromatic rings. The van der Waals surface area contributed by atoms with E-state index in [9.17, 15) is 14.7 Å². The van der Waals surface area contributed by atoms with Gasteiger partial charge in [-0.1, -0.05) is 298 Å². The van der Waals surface area contributed by atoms with Crippen molar-refractivity contribution in [1.29, 1.82) is 0 Å².